The third-order valence-corrected chi connectivity index (χ3v) is 6.61. The zero-order valence-corrected chi connectivity index (χ0v) is 23.3. The first-order valence-corrected chi connectivity index (χ1v) is 13.3. The molecule has 14 heteroatoms. The number of halogens is 1. The molecule has 1 saturated carbocycles. The van der Waals surface area contributed by atoms with E-state index >= 15 is 0 Å². The minimum absolute atomic E-state index is 0.104. The topological polar surface area (TPSA) is 160 Å². The van der Waals surface area contributed by atoms with E-state index < -0.39 is 30.4 Å². The zero-order chi connectivity index (χ0) is 29.0. The van der Waals surface area contributed by atoms with Crippen LogP contribution in [0.25, 0.3) is 5.52 Å². The van der Waals surface area contributed by atoms with Crippen LogP contribution in [0.1, 0.15) is 57.8 Å². The fourth-order valence-electron chi connectivity index (χ4n) is 4.46. The number of aromatic nitrogens is 5. The van der Waals surface area contributed by atoms with Crippen LogP contribution >= 0.6 is 0 Å². The molecule has 1 amide bonds. The van der Waals surface area contributed by atoms with E-state index in [-0.39, 0.29) is 37.5 Å². The molecule has 0 saturated heterocycles. The third-order valence-electron chi connectivity index (χ3n) is 6.61. The van der Waals surface area contributed by atoms with E-state index in [2.05, 4.69) is 25.8 Å². The fraction of sp³-hybridized carbons (Fsp3) is 0.577. The van der Waals surface area contributed by atoms with Gasteiger partial charge >= 0.3 is 12.1 Å². The van der Waals surface area contributed by atoms with Crippen LogP contribution in [0.2, 0.25) is 0 Å². The molecule has 1 aliphatic carbocycles. The Labute approximate surface area is 231 Å². The summed E-state index contributed by atoms with van der Waals surface area (Å²) in [5.74, 6) is -0.0418. The molecular weight excluding hydrogens is 523 g/mol. The molecule has 1 aliphatic rings. The van der Waals surface area contributed by atoms with Crippen molar-refractivity contribution in [2.75, 3.05) is 12.4 Å². The number of alkyl halides is 1. The van der Waals surface area contributed by atoms with Crippen LogP contribution in [0, 0.1) is 5.92 Å². The first kappa shape index (κ1) is 29.2. The first-order chi connectivity index (χ1) is 19.0. The van der Waals surface area contributed by atoms with E-state index in [1.54, 1.807) is 43.9 Å². The van der Waals surface area contributed by atoms with Crippen molar-refractivity contribution in [2.45, 2.75) is 84.2 Å². The summed E-state index contributed by atoms with van der Waals surface area (Å²) in [4.78, 5) is 28.9. The van der Waals surface area contributed by atoms with Gasteiger partial charge in [0, 0.05) is 37.5 Å². The molecule has 0 unspecified atom stereocenters. The highest BCUT2D eigenvalue weighted by Gasteiger charge is 2.39. The highest BCUT2D eigenvalue weighted by Crippen LogP contribution is 2.38. The smallest absolute Gasteiger partial charge is 0.407 e. The van der Waals surface area contributed by atoms with E-state index in [0.717, 1.165) is 5.69 Å². The molecule has 3 aromatic rings. The van der Waals surface area contributed by atoms with Crippen molar-refractivity contribution in [1.82, 2.24) is 29.7 Å². The average molecular weight is 561 g/mol. The van der Waals surface area contributed by atoms with Crippen LogP contribution in [-0.4, -0.2) is 67.9 Å². The quantitative estimate of drug-likeness (QED) is 0.297. The van der Waals surface area contributed by atoms with Crippen LogP contribution in [-0.2, 0) is 32.3 Å². The summed E-state index contributed by atoms with van der Waals surface area (Å²) in [6.45, 7) is 7.36. The molecule has 3 aromatic heterocycles. The maximum absolute atomic E-state index is 14.9. The van der Waals surface area contributed by atoms with Gasteiger partial charge < -0.3 is 30.6 Å². The lowest BCUT2D eigenvalue weighted by Crippen LogP contribution is -2.37. The number of methoxy groups -OCH3 is 1. The number of hydrogen-bond acceptors (Lipinski definition) is 10. The summed E-state index contributed by atoms with van der Waals surface area (Å²) in [6, 6.07) is 2.68. The number of esters is 1. The number of alkyl carbamates (subject to hydrolysis) is 1. The van der Waals surface area contributed by atoms with Crippen molar-refractivity contribution in [1.29, 1.82) is 0 Å². The van der Waals surface area contributed by atoms with Crippen LogP contribution in [0.5, 0.6) is 0 Å². The summed E-state index contributed by atoms with van der Waals surface area (Å²) in [7, 11) is 1.59. The second-order valence-corrected chi connectivity index (χ2v) is 10.5. The van der Waals surface area contributed by atoms with E-state index in [1.807, 2.05) is 19.9 Å². The van der Waals surface area contributed by atoms with Crippen molar-refractivity contribution in [3.8, 4) is 0 Å². The number of rotatable bonds is 11. The number of nitrogens with zero attached hydrogens (tertiary/aromatic N) is 5. The van der Waals surface area contributed by atoms with Crippen molar-refractivity contribution in [3.63, 3.8) is 0 Å². The predicted octanol–water partition coefficient (Wildman–Crippen LogP) is 3.02. The van der Waals surface area contributed by atoms with Gasteiger partial charge in [0.2, 0.25) is 0 Å². The summed E-state index contributed by atoms with van der Waals surface area (Å²) in [5.41, 5.74) is 7.91. The van der Waals surface area contributed by atoms with Gasteiger partial charge in [-0.3, -0.25) is 4.79 Å². The van der Waals surface area contributed by atoms with Gasteiger partial charge in [0.1, 0.15) is 29.7 Å². The van der Waals surface area contributed by atoms with Crippen LogP contribution < -0.4 is 16.4 Å². The Hall–Kier alpha value is -3.78. The maximum atomic E-state index is 14.9. The molecule has 13 nitrogen and oxygen atoms in total. The fourth-order valence-corrected chi connectivity index (χ4v) is 4.46. The van der Waals surface area contributed by atoms with Gasteiger partial charge in [-0.05, 0) is 38.7 Å². The standard InChI is InChI=1S/C26H37FN8O5/c1-14(2)23(28)25(36)39-13-35-22(31-24-20-10-17(12-38-5)32-34(20)7-6-29-24)11-19(33-35)16-8-18(27)21(9-16)40-26(37)30-15(3)4/h6-7,10-11,14-16,18,21,23H,8-9,12-13,28H2,1-5H3,(H,29,31)(H,30,37)/t16-,18+,21-,23-/m0/s1. The van der Waals surface area contributed by atoms with E-state index in [0.29, 0.717) is 29.5 Å². The van der Waals surface area contributed by atoms with Crippen LogP contribution in [0.4, 0.5) is 20.8 Å². The van der Waals surface area contributed by atoms with Gasteiger partial charge in [-0.2, -0.15) is 10.2 Å². The zero-order valence-electron chi connectivity index (χ0n) is 23.3. The molecular formula is C26H37FN8O5. The molecule has 0 aliphatic heterocycles. The van der Waals surface area contributed by atoms with Crippen molar-refractivity contribution < 1.29 is 28.2 Å². The number of carbonyl (C=O) groups is 2. The molecule has 40 heavy (non-hydrogen) atoms. The number of ether oxygens (including phenoxy) is 3. The first-order valence-electron chi connectivity index (χ1n) is 13.3. The van der Waals surface area contributed by atoms with E-state index in [9.17, 15) is 14.0 Å². The lowest BCUT2D eigenvalue weighted by molar-refractivity contribution is -0.150. The Kier molecular flexibility index (Phi) is 9.20. The van der Waals surface area contributed by atoms with Crippen LogP contribution in [0.15, 0.2) is 24.5 Å². The maximum Gasteiger partial charge on any atom is 0.407 e. The molecule has 0 aromatic carbocycles. The van der Waals surface area contributed by atoms with Gasteiger partial charge in [-0.1, -0.05) is 13.8 Å². The van der Waals surface area contributed by atoms with Gasteiger partial charge in [0.25, 0.3) is 0 Å². The second kappa shape index (κ2) is 12.6. The normalized spacial score (nSPS) is 19.8. The monoisotopic (exact) mass is 560 g/mol. The summed E-state index contributed by atoms with van der Waals surface area (Å²) in [5, 5.41) is 14.9. The number of hydrogen-bond donors (Lipinski definition) is 3. The largest absolute Gasteiger partial charge is 0.443 e. The molecule has 3 heterocycles. The number of amides is 1. The van der Waals surface area contributed by atoms with Crippen LogP contribution in [0.3, 0.4) is 0 Å². The Balaban J connectivity index is 1.58. The highest BCUT2D eigenvalue weighted by molar-refractivity contribution is 5.76. The third kappa shape index (κ3) is 6.86. The highest BCUT2D eigenvalue weighted by atomic mass is 19.1. The van der Waals surface area contributed by atoms with E-state index in [1.165, 1.54) is 4.68 Å². The second-order valence-electron chi connectivity index (χ2n) is 10.5. The number of fused-ring (bicyclic) bond motifs is 1. The number of carbonyl (C=O) groups excluding carboxylic acids is 2. The van der Waals surface area contributed by atoms with Crippen molar-refractivity contribution >= 4 is 29.2 Å². The predicted molar refractivity (Wildman–Crippen MR) is 144 cm³/mol. The Morgan fingerprint density at radius 1 is 1.20 bits per heavy atom. The summed E-state index contributed by atoms with van der Waals surface area (Å²) < 4.78 is 34.0. The minimum Gasteiger partial charge on any atom is -0.443 e. The molecule has 1 fully saturated rings. The molecule has 0 bridgehead atoms. The van der Waals surface area contributed by atoms with Gasteiger partial charge in [-0.15, -0.1) is 0 Å². The lowest BCUT2D eigenvalue weighted by atomic mass is 10.0. The minimum atomic E-state index is -1.34. The summed E-state index contributed by atoms with van der Waals surface area (Å²) >= 11 is 0. The van der Waals surface area contributed by atoms with Gasteiger partial charge in [0.15, 0.2) is 12.5 Å². The average Bonchev–Trinajstić information content (AvgIpc) is 3.59. The Morgan fingerprint density at radius 2 is 1.98 bits per heavy atom. The van der Waals surface area contributed by atoms with Gasteiger partial charge in [-0.25, -0.2) is 23.4 Å². The number of nitrogens with two attached hydrogens (primary N) is 1. The lowest BCUT2D eigenvalue weighted by Gasteiger charge is -2.16. The molecule has 218 valence electrons. The molecule has 4 atom stereocenters. The van der Waals surface area contributed by atoms with Crippen molar-refractivity contribution in [2.24, 2.45) is 11.7 Å². The molecule has 0 spiro atoms. The SMILES string of the molecule is COCc1cc2c(Nc3cc([C@H]4C[C@@H](F)[C@@H](OC(=O)NC(C)C)C4)nn3COC(=O)[C@@H](N)C(C)C)nccn2n1. The van der Waals surface area contributed by atoms with E-state index in [4.69, 9.17) is 19.9 Å². The summed E-state index contributed by atoms with van der Waals surface area (Å²) in [6.07, 6.45) is 0.811. The molecule has 4 N–H and O–H groups in total. The molecule has 4 rings (SSSR count). The number of nitrogens with one attached hydrogen (secondary N) is 2. The Morgan fingerprint density at radius 3 is 2.67 bits per heavy atom. The molecule has 0 radical (unpaired) electrons. The van der Waals surface area contributed by atoms with Gasteiger partial charge in [0.05, 0.1) is 18.0 Å². The Bertz CT molecular complexity index is 1330. The number of anilines is 2. The van der Waals surface area contributed by atoms with Crippen molar-refractivity contribution in [3.05, 3.63) is 35.9 Å².